The number of fused-ring (bicyclic) bond motifs is 5. The molecule has 0 atom stereocenters. The third kappa shape index (κ3) is 3.49. The Kier molecular flexibility index (Phi) is 4.81. The van der Waals surface area contributed by atoms with E-state index < -0.39 is 0 Å². The summed E-state index contributed by atoms with van der Waals surface area (Å²) in [6.07, 6.45) is 4.37. The van der Waals surface area contributed by atoms with Gasteiger partial charge in [0.05, 0.1) is 27.3 Å². The van der Waals surface area contributed by atoms with Crippen molar-refractivity contribution in [1.82, 2.24) is 4.40 Å². The molecule has 2 nitrogen and oxygen atoms in total. The van der Waals surface area contributed by atoms with Crippen molar-refractivity contribution in [2.24, 2.45) is 17.9 Å². The Balaban J connectivity index is 1.89. The first-order valence-electron chi connectivity index (χ1n) is 13.4. The zero-order valence-electron chi connectivity index (χ0n) is 23.4. The molecule has 0 saturated carbocycles. The summed E-state index contributed by atoms with van der Waals surface area (Å²) in [5.41, 5.74) is 11.4. The minimum Gasteiger partial charge on any atom is -0.307 e. The molecule has 0 N–H and O–H groups in total. The van der Waals surface area contributed by atoms with Gasteiger partial charge in [-0.15, -0.1) is 0 Å². The second kappa shape index (κ2) is 7.44. The molecule has 36 heavy (non-hydrogen) atoms. The molecule has 0 unspecified atom stereocenters. The monoisotopic (exact) mass is 475 g/mol. The van der Waals surface area contributed by atoms with Gasteiger partial charge in [0.25, 0.3) is 0 Å². The SMILES string of the molecule is Cc1cc2c3ccc(CC(C)(C)C)cc3n3c4cc(CC(C)(C)C)cc5cc[n+](C)c(c(c1C)c23)c54. The van der Waals surface area contributed by atoms with Crippen LogP contribution in [0.2, 0.25) is 0 Å². The Hall–Kier alpha value is -3.13. The Labute approximate surface area is 214 Å². The summed E-state index contributed by atoms with van der Waals surface area (Å²) < 4.78 is 4.93. The molecule has 3 aromatic carbocycles. The maximum absolute atomic E-state index is 2.60. The van der Waals surface area contributed by atoms with E-state index in [1.807, 2.05) is 0 Å². The third-order valence-electron chi connectivity index (χ3n) is 7.86. The van der Waals surface area contributed by atoms with Gasteiger partial charge in [-0.25, -0.2) is 4.57 Å². The number of pyridine rings is 2. The number of nitrogens with zero attached hydrogens (tertiary/aromatic N) is 2. The third-order valence-corrected chi connectivity index (χ3v) is 7.86. The van der Waals surface area contributed by atoms with E-state index in [4.69, 9.17) is 0 Å². The van der Waals surface area contributed by atoms with E-state index in [-0.39, 0.29) is 10.8 Å². The predicted octanol–water partition coefficient (Wildman–Crippen LogP) is 8.61. The summed E-state index contributed by atoms with van der Waals surface area (Å²) in [4.78, 5) is 0. The van der Waals surface area contributed by atoms with Gasteiger partial charge in [0, 0.05) is 16.8 Å². The van der Waals surface area contributed by atoms with Crippen molar-refractivity contribution in [3.8, 4) is 0 Å². The second-order valence-electron chi connectivity index (χ2n) is 13.6. The lowest BCUT2D eigenvalue weighted by Crippen LogP contribution is -2.29. The van der Waals surface area contributed by atoms with Gasteiger partial charge in [-0.3, -0.25) is 0 Å². The van der Waals surface area contributed by atoms with Crippen LogP contribution in [0.3, 0.4) is 0 Å². The molecule has 6 rings (SSSR count). The molecule has 184 valence electrons. The zero-order valence-corrected chi connectivity index (χ0v) is 23.4. The Bertz CT molecular complexity index is 1820. The smallest absolute Gasteiger partial charge is 0.224 e. The largest absolute Gasteiger partial charge is 0.307 e. The van der Waals surface area contributed by atoms with Gasteiger partial charge in [-0.1, -0.05) is 59.7 Å². The van der Waals surface area contributed by atoms with E-state index in [1.165, 1.54) is 71.3 Å². The molecule has 0 amide bonds. The van der Waals surface area contributed by atoms with Crippen LogP contribution in [0, 0.1) is 24.7 Å². The molecule has 0 spiro atoms. The minimum atomic E-state index is 0.233. The minimum absolute atomic E-state index is 0.233. The Morgan fingerprint density at radius 2 is 1.39 bits per heavy atom. The molecule has 0 fully saturated rings. The van der Waals surface area contributed by atoms with Gasteiger partial charge < -0.3 is 4.40 Å². The first kappa shape index (κ1) is 23.3. The molecular weight excluding hydrogens is 436 g/mol. The van der Waals surface area contributed by atoms with Crippen LogP contribution < -0.4 is 4.57 Å². The maximum atomic E-state index is 2.60. The lowest BCUT2D eigenvalue weighted by Gasteiger charge is -2.20. The van der Waals surface area contributed by atoms with Crippen LogP contribution in [-0.2, 0) is 19.9 Å². The Morgan fingerprint density at radius 1 is 0.722 bits per heavy atom. The van der Waals surface area contributed by atoms with Gasteiger partial charge in [0.2, 0.25) is 5.52 Å². The van der Waals surface area contributed by atoms with Gasteiger partial charge in [0.1, 0.15) is 7.05 Å². The van der Waals surface area contributed by atoms with Crippen LogP contribution in [0.15, 0.2) is 48.7 Å². The lowest BCUT2D eigenvalue weighted by atomic mass is 9.87. The first-order valence-corrected chi connectivity index (χ1v) is 13.4. The highest BCUT2D eigenvalue weighted by atomic mass is 15.0. The fourth-order valence-corrected chi connectivity index (χ4v) is 6.45. The second-order valence-corrected chi connectivity index (χ2v) is 13.6. The van der Waals surface area contributed by atoms with Crippen LogP contribution in [0.1, 0.15) is 63.8 Å². The number of hydrogen-bond donors (Lipinski definition) is 0. The topological polar surface area (TPSA) is 8.29 Å². The summed E-state index contributed by atoms with van der Waals surface area (Å²) in [5.74, 6) is 0. The van der Waals surface area contributed by atoms with Crippen molar-refractivity contribution in [3.63, 3.8) is 0 Å². The number of aryl methyl sites for hydroxylation is 3. The van der Waals surface area contributed by atoms with Gasteiger partial charge in [-0.2, -0.15) is 0 Å². The molecule has 0 saturated heterocycles. The molecule has 0 aliphatic heterocycles. The summed E-state index contributed by atoms with van der Waals surface area (Å²) in [6, 6.07) is 16.8. The van der Waals surface area contributed by atoms with E-state index >= 15 is 0 Å². The van der Waals surface area contributed by atoms with Crippen molar-refractivity contribution in [3.05, 3.63) is 70.9 Å². The zero-order chi connectivity index (χ0) is 25.7. The fourth-order valence-electron chi connectivity index (χ4n) is 6.45. The quantitative estimate of drug-likeness (QED) is 0.135. The van der Waals surface area contributed by atoms with Crippen molar-refractivity contribution < 1.29 is 4.57 Å². The van der Waals surface area contributed by atoms with Crippen LogP contribution in [0.25, 0.3) is 49.0 Å². The number of aromatic nitrogens is 2. The Morgan fingerprint density at radius 3 is 2.08 bits per heavy atom. The average Bonchev–Trinajstić information content (AvgIpc) is 3.06. The van der Waals surface area contributed by atoms with Crippen molar-refractivity contribution in [2.45, 2.75) is 68.2 Å². The number of rotatable bonds is 2. The molecule has 0 aliphatic carbocycles. The van der Waals surface area contributed by atoms with E-state index in [9.17, 15) is 0 Å². The first-order chi connectivity index (χ1) is 16.8. The lowest BCUT2D eigenvalue weighted by molar-refractivity contribution is -0.643. The van der Waals surface area contributed by atoms with Crippen molar-refractivity contribution in [2.75, 3.05) is 0 Å². The van der Waals surface area contributed by atoms with Crippen LogP contribution >= 0.6 is 0 Å². The standard InChI is InChI=1S/C34H39N2/c1-20-14-26-25-11-10-22(18-33(3,4)5)16-27(25)36-28-17-23(19-34(6,7)8)15-24-12-13-35(9)32(30(24)28)29(21(20)2)31(26)36/h10-17H,18-19H2,1-9H3/q+1. The summed E-state index contributed by atoms with van der Waals surface area (Å²) in [7, 11) is 2.20. The van der Waals surface area contributed by atoms with Crippen LogP contribution in [-0.4, -0.2) is 4.40 Å². The molecule has 3 aromatic heterocycles. The highest BCUT2D eigenvalue weighted by Gasteiger charge is 2.26. The van der Waals surface area contributed by atoms with E-state index in [0.29, 0.717) is 0 Å². The highest BCUT2D eigenvalue weighted by Crippen LogP contribution is 2.42. The highest BCUT2D eigenvalue weighted by molar-refractivity contribution is 6.26. The molecule has 2 heteroatoms. The number of hydrogen-bond acceptors (Lipinski definition) is 0. The van der Waals surface area contributed by atoms with E-state index in [1.54, 1.807) is 0 Å². The normalized spacial score (nSPS) is 13.4. The summed E-state index contributed by atoms with van der Waals surface area (Å²) >= 11 is 0. The van der Waals surface area contributed by atoms with Crippen LogP contribution in [0.5, 0.6) is 0 Å². The molecule has 0 bridgehead atoms. The van der Waals surface area contributed by atoms with Crippen molar-refractivity contribution in [1.29, 1.82) is 0 Å². The summed E-state index contributed by atoms with van der Waals surface area (Å²) in [6.45, 7) is 18.6. The average molecular weight is 476 g/mol. The summed E-state index contributed by atoms with van der Waals surface area (Å²) in [5, 5.41) is 6.83. The molecule has 0 radical (unpaired) electrons. The number of benzene rings is 3. The molecule has 6 aromatic rings. The molecular formula is C34H39N2+. The predicted molar refractivity (Wildman–Crippen MR) is 156 cm³/mol. The molecule has 0 aliphatic rings. The molecule has 3 heterocycles. The van der Waals surface area contributed by atoms with Crippen molar-refractivity contribution >= 4 is 49.0 Å². The van der Waals surface area contributed by atoms with Gasteiger partial charge in [-0.05, 0) is 83.4 Å². The van der Waals surface area contributed by atoms with Gasteiger partial charge in [0.15, 0.2) is 6.20 Å². The fraction of sp³-hybridized carbons (Fsp3) is 0.382. The van der Waals surface area contributed by atoms with E-state index in [0.717, 1.165) is 12.8 Å². The van der Waals surface area contributed by atoms with E-state index in [2.05, 4.69) is 120 Å². The van der Waals surface area contributed by atoms with Gasteiger partial charge >= 0.3 is 0 Å². The van der Waals surface area contributed by atoms with Crippen LogP contribution in [0.4, 0.5) is 0 Å². The maximum Gasteiger partial charge on any atom is 0.224 e.